The van der Waals surface area contributed by atoms with E-state index >= 15 is 0 Å². The Bertz CT molecular complexity index is 1260. The van der Waals surface area contributed by atoms with Crippen molar-refractivity contribution < 1.29 is 19.1 Å². The summed E-state index contributed by atoms with van der Waals surface area (Å²) in [5.74, 6) is -0.440. The Labute approximate surface area is 229 Å². The molecule has 3 aliphatic heterocycles. The molecule has 208 valence electrons. The number of hydrogen-bond donors (Lipinski definition) is 3. The fourth-order valence-corrected chi connectivity index (χ4v) is 5.71. The normalized spacial score (nSPS) is 18.2. The molecular formula is C29H38N6O4. The number of ether oxygens (including phenoxy) is 1. The maximum atomic E-state index is 13.3. The maximum Gasteiger partial charge on any atom is 0.329 e. The van der Waals surface area contributed by atoms with Gasteiger partial charge in [0.1, 0.15) is 6.04 Å². The number of para-hydroxylation sites is 1. The minimum Gasteiger partial charge on any atom is -0.461 e. The molecule has 0 aliphatic carbocycles. The van der Waals surface area contributed by atoms with Gasteiger partial charge in [0.05, 0.1) is 11.8 Å². The standard InChI is InChI=1S/C29H38N6O4/c1-18(2)39-27(36)25(15-20-13-19(3)26-22(14-20)16-33(4)32-26)31-28(37)34-11-9-23(10-12-34)35-17-21-7-5-6-8-24(21)30-29(35)38/h5-8,13-14,18,23,25,32H,9-12,15-17H2,1-4H3,(H,30,38)(H,31,37). The first-order valence-electron chi connectivity index (χ1n) is 13.7. The number of likely N-dealkylation sites (tertiary alicyclic amines) is 1. The number of nitrogens with zero attached hydrogens (tertiary/aromatic N) is 3. The predicted octanol–water partition coefficient (Wildman–Crippen LogP) is 3.85. The van der Waals surface area contributed by atoms with Crippen LogP contribution >= 0.6 is 0 Å². The van der Waals surface area contributed by atoms with Gasteiger partial charge in [0.2, 0.25) is 0 Å². The average Bonchev–Trinajstić information content (AvgIpc) is 3.28. The van der Waals surface area contributed by atoms with E-state index in [-0.39, 0.29) is 24.2 Å². The quantitative estimate of drug-likeness (QED) is 0.486. The van der Waals surface area contributed by atoms with Gasteiger partial charge < -0.3 is 30.6 Å². The summed E-state index contributed by atoms with van der Waals surface area (Å²) < 4.78 is 5.51. The van der Waals surface area contributed by atoms with Gasteiger partial charge in [-0.15, -0.1) is 0 Å². The van der Waals surface area contributed by atoms with Crippen molar-refractivity contribution in [3.05, 3.63) is 58.7 Å². The number of nitrogens with one attached hydrogen (secondary N) is 3. The largest absolute Gasteiger partial charge is 0.461 e. The van der Waals surface area contributed by atoms with Gasteiger partial charge in [-0.05, 0) is 61.9 Å². The number of carbonyl (C=O) groups excluding carboxylic acids is 3. The third-order valence-electron chi connectivity index (χ3n) is 7.61. The molecule has 3 aliphatic rings. The Kier molecular flexibility index (Phi) is 7.65. The molecule has 3 N–H and O–H groups in total. The second-order valence-corrected chi connectivity index (χ2v) is 11.0. The van der Waals surface area contributed by atoms with Crippen LogP contribution in [-0.2, 0) is 29.0 Å². The van der Waals surface area contributed by atoms with E-state index in [0.717, 1.165) is 34.6 Å². The number of anilines is 2. The van der Waals surface area contributed by atoms with E-state index in [2.05, 4.69) is 28.2 Å². The molecule has 2 aromatic carbocycles. The smallest absolute Gasteiger partial charge is 0.329 e. The number of amides is 4. The summed E-state index contributed by atoms with van der Waals surface area (Å²) in [5.41, 5.74) is 9.63. The third-order valence-corrected chi connectivity index (χ3v) is 7.61. The first-order chi connectivity index (χ1) is 18.7. The van der Waals surface area contributed by atoms with Crippen molar-refractivity contribution in [3.63, 3.8) is 0 Å². The highest BCUT2D eigenvalue weighted by atomic mass is 16.5. The lowest BCUT2D eigenvalue weighted by molar-refractivity contribution is -0.149. The molecule has 0 radical (unpaired) electrons. The number of fused-ring (bicyclic) bond motifs is 2. The summed E-state index contributed by atoms with van der Waals surface area (Å²) in [6, 6.07) is 10.8. The van der Waals surface area contributed by atoms with Crippen molar-refractivity contribution in [2.24, 2.45) is 0 Å². The molecule has 1 unspecified atom stereocenters. The molecule has 2 aromatic rings. The second kappa shape index (κ2) is 11.1. The fourth-order valence-electron chi connectivity index (χ4n) is 5.71. The number of rotatable bonds is 6. The molecule has 5 rings (SSSR count). The maximum absolute atomic E-state index is 13.3. The fraction of sp³-hybridized carbons (Fsp3) is 0.483. The van der Waals surface area contributed by atoms with E-state index in [0.29, 0.717) is 38.9 Å². The molecular weight excluding hydrogens is 496 g/mol. The summed E-state index contributed by atoms with van der Waals surface area (Å²) in [6.45, 7) is 7.99. The van der Waals surface area contributed by atoms with Crippen molar-refractivity contribution >= 4 is 29.4 Å². The van der Waals surface area contributed by atoms with Gasteiger partial charge in [0, 0.05) is 51.4 Å². The lowest BCUT2D eigenvalue weighted by Gasteiger charge is -2.40. The summed E-state index contributed by atoms with van der Waals surface area (Å²) >= 11 is 0. The van der Waals surface area contributed by atoms with Gasteiger partial charge in [-0.3, -0.25) is 0 Å². The lowest BCUT2D eigenvalue weighted by Crippen LogP contribution is -2.55. The highest BCUT2D eigenvalue weighted by molar-refractivity contribution is 5.92. The Morgan fingerprint density at radius 2 is 1.85 bits per heavy atom. The molecule has 0 aromatic heterocycles. The minimum atomic E-state index is -0.800. The average molecular weight is 535 g/mol. The van der Waals surface area contributed by atoms with Gasteiger partial charge in [-0.25, -0.2) is 19.4 Å². The molecule has 4 amide bonds. The summed E-state index contributed by atoms with van der Waals surface area (Å²) in [5, 5.41) is 7.94. The first-order valence-corrected chi connectivity index (χ1v) is 13.7. The van der Waals surface area contributed by atoms with Crippen LogP contribution in [0.4, 0.5) is 21.0 Å². The molecule has 1 saturated heterocycles. The molecule has 10 heteroatoms. The van der Waals surface area contributed by atoms with Crippen molar-refractivity contribution in [2.75, 3.05) is 30.9 Å². The predicted molar refractivity (Wildman–Crippen MR) is 149 cm³/mol. The third kappa shape index (κ3) is 5.95. The van der Waals surface area contributed by atoms with Gasteiger partial charge in [-0.1, -0.05) is 30.3 Å². The van der Waals surface area contributed by atoms with Crippen LogP contribution < -0.4 is 16.1 Å². The van der Waals surface area contributed by atoms with Crippen LogP contribution in [0.1, 0.15) is 48.9 Å². The van der Waals surface area contributed by atoms with E-state index in [4.69, 9.17) is 4.74 Å². The number of benzene rings is 2. The van der Waals surface area contributed by atoms with E-state index in [1.54, 1.807) is 18.7 Å². The number of esters is 1. The van der Waals surface area contributed by atoms with Crippen molar-refractivity contribution in [1.29, 1.82) is 0 Å². The molecule has 0 spiro atoms. The van der Waals surface area contributed by atoms with Gasteiger partial charge in [-0.2, -0.15) is 0 Å². The molecule has 0 bridgehead atoms. The van der Waals surface area contributed by atoms with E-state index in [1.807, 2.05) is 48.1 Å². The minimum absolute atomic E-state index is 0.0465. The van der Waals surface area contributed by atoms with Crippen molar-refractivity contribution in [2.45, 2.75) is 71.3 Å². The van der Waals surface area contributed by atoms with Crippen LogP contribution in [0.2, 0.25) is 0 Å². The van der Waals surface area contributed by atoms with Gasteiger partial charge in [0.15, 0.2) is 0 Å². The number of hydrazine groups is 1. The first kappa shape index (κ1) is 26.8. The summed E-state index contributed by atoms with van der Waals surface area (Å²) in [7, 11) is 1.99. The van der Waals surface area contributed by atoms with Crippen LogP contribution in [0.3, 0.4) is 0 Å². The monoisotopic (exact) mass is 534 g/mol. The number of piperidine rings is 1. The molecule has 10 nitrogen and oxygen atoms in total. The van der Waals surface area contributed by atoms with Gasteiger partial charge in [0.25, 0.3) is 0 Å². The zero-order valence-corrected chi connectivity index (χ0v) is 23.1. The van der Waals surface area contributed by atoms with Crippen LogP contribution in [0.5, 0.6) is 0 Å². The highest BCUT2D eigenvalue weighted by Gasteiger charge is 2.34. The summed E-state index contributed by atoms with van der Waals surface area (Å²) in [6.07, 6.45) is 1.41. The topological polar surface area (TPSA) is 106 Å². The van der Waals surface area contributed by atoms with Crippen LogP contribution in [0, 0.1) is 6.92 Å². The number of carbonyl (C=O) groups is 3. The Hall–Kier alpha value is -3.79. The van der Waals surface area contributed by atoms with E-state index in [9.17, 15) is 14.4 Å². The zero-order chi connectivity index (χ0) is 27.7. The molecule has 1 fully saturated rings. The number of aryl methyl sites for hydroxylation is 1. The molecule has 1 atom stereocenters. The lowest BCUT2D eigenvalue weighted by atomic mass is 9.99. The second-order valence-electron chi connectivity index (χ2n) is 11.0. The van der Waals surface area contributed by atoms with Gasteiger partial charge >= 0.3 is 18.0 Å². The molecule has 39 heavy (non-hydrogen) atoms. The van der Waals surface area contributed by atoms with Crippen LogP contribution in [0.15, 0.2) is 36.4 Å². The molecule has 3 heterocycles. The highest BCUT2D eigenvalue weighted by Crippen LogP contribution is 2.30. The number of urea groups is 2. The zero-order valence-electron chi connectivity index (χ0n) is 23.1. The Balaban J connectivity index is 1.22. The van der Waals surface area contributed by atoms with Crippen molar-refractivity contribution in [1.82, 2.24) is 20.1 Å². The SMILES string of the molecule is Cc1cc(CC(NC(=O)N2CCC(N3Cc4ccccc4NC3=O)CC2)C(=O)OC(C)C)cc2c1NN(C)C2. The Morgan fingerprint density at radius 1 is 1.10 bits per heavy atom. The van der Waals surface area contributed by atoms with Crippen molar-refractivity contribution in [3.8, 4) is 0 Å². The Morgan fingerprint density at radius 3 is 2.59 bits per heavy atom. The summed E-state index contributed by atoms with van der Waals surface area (Å²) in [4.78, 5) is 42.6. The molecule has 0 saturated carbocycles. The number of hydrogen-bond acceptors (Lipinski definition) is 6. The van der Waals surface area contributed by atoms with E-state index in [1.165, 1.54) is 5.56 Å². The van der Waals surface area contributed by atoms with Crippen LogP contribution in [0.25, 0.3) is 0 Å². The van der Waals surface area contributed by atoms with Crippen LogP contribution in [-0.4, -0.2) is 71.2 Å². The van der Waals surface area contributed by atoms with E-state index < -0.39 is 12.0 Å².